The van der Waals surface area contributed by atoms with Gasteiger partial charge in [-0.05, 0) is 33.1 Å². The van der Waals surface area contributed by atoms with E-state index in [2.05, 4.69) is 24.4 Å². The fourth-order valence-corrected chi connectivity index (χ4v) is 1.91. The van der Waals surface area contributed by atoms with Crippen molar-refractivity contribution in [3.63, 3.8) is 0 Å². The summed E-state index contributed by atoms with van der Waals surface area (Å²) in [4.78, 5) is 11.6. The van der Waals surface area contributed by atoms with Gasteiger partial charge in [0, 0.05) is 12.6 Å². The summed E-state index contributed by atoms with van der Waals surface area (Å²) >= 11 is 0. The third-order valence-electron chi connectivity index (χ3n) is 3.37. The van der Waals surface area contributed by atoms with Crippen LogP contribution < -0.4 is 5.32 Å². The van der Waals surface area contributed by atoms with E-state index >= 15 is 0 Å². The molecular weight excluding hydrogens is 298 g/mol. The first-order chi connectivity index (χ1) is 11.5. The minimum Gasteiger partial charge on any atom is -0.388 e. The second kappa shape index (κ2) is 14.7. The van der Waals surface area contributed by atoms with E-state index in [1.165, 1.54) is 6.08 Å². The Hall–Kier alpha value is -1.87. The fourth-order valence-electron chi connectivity index (χ4n) is 1.91. The SMILES string of the molecule is CC=CC=CCCC=CC=CC=CC(=O)NCC(C)(O)CCCC. The van der Waals surface area contributed by atoms with E-state index in [4.69, 9.17) is 0 Å². The molecule has 0 aromatic heterocycles. The molecule has 0 saturated carbocycles. The summed E-state index contributed by atoms with van der Waals surface area (Å²) in [6.07, 6.45) is 23.9. The van der Waals surface area contributed by atoms with Crippen molar-refractivity contribution in [2.24, 2.45) is 0 Å². The van der Waals surface area contributed by atoms with Crippen LogP contribution in [0.25, 0.3) is 0 Å². The predicted molar refractivity (Wildman–Crippen MR) is 104 cm³/mol. The Morgan fingerprint density at radius 1 is 1.04 bits per heavy atom. The van der Waals surface area contributed by atoms with Crippen LogP contribution in [-0.4, -0.2) is 23.2 Å². The summed E-state index contributed by atoms with van der Waals surface area (Å²) in [6.45, 7) is 6.11. The van der Waals surface area contributed by atoms with E-state index < -0.39 is 5.60 Å². The lowest BCUT2D eigenvalue weighted by Crippen LogP contribution is -2.39. The summed E-state index contributed by atoms with van der Waals surface area (Å²) < 4.78 is 0. The second-order valence-electron chi connectivity index (χ2n) is 6.02. The average Bonchev–Trinajstić information content (AvgIpc) is 2.56. The van der Waals surface area contributed by atoms with Gasteiger partial charge in [-0.15, -0.1) is 0 Å². The largest absolute Gasteiger partial charge is 0.388 e. The summed E-state index contributed by atoms with van der Waals surface area (Å²) in [5, 5.41) is 12.8. The number of hydrogen-bond donors (Lipinski definition) is 2. The van der Waals surface area contributed by atoms with Crippen molar-refractivity contribution in [1.82, 2.24) is 5.32 Å². The molecule has 0 radical (unpaired) electrons. The van der Waals surface area contributed by atoms with Gasteiger partial charge in [-0.1, -0.05) is 74.4 Å². The highest BCUT2D eigenvalue weighted by molar-refractivity contribution is 5.87. The first-order valence-corrected chi connectivity index (χ1v) is 8.79. The van der Waals surface area contributed by atoms with Crippen LogP contribution in [0, 0.1) is 0 Å². The van der Waals surface area contributed by atoms with Gasteiger partial charge in [0.2, 0.25) is 5.91 Å². The molecule has 3 heteroatoms. The Morgan fingerprint density at radius 2 is 1.67 bits per heavy atom. The minimum absolute atomic E-state index is 0.186. The van der Waals surface area contributed by atoms with Crippen molar-refractivity contribution < 1.29 is 9.90 Å². The van der Waals surface area contributed by atoms with Gasteiger partial charge in [0.1, 0.15) is 0 Å². The predicted octanol–water partition coefficient (Wildman–Crippen LogP) is 4.62. The molecule has 0 aliphatic carbocycles. The zero-order chi connectivity index (χ0) is 18.1. The molecule has 0 rings (SSSR count). The molecule has 24 heavy (non-hydrogen) atoms. The molecule has 0 fully saturated rings. The molecule has 0 saturated heterocycles. The van der Waals surface area contributed by atoms with Gasteiger partial charge >= 0.3 is 0 Å². The Balaban J connectivity index is 3.90. The van der Waals surface area contributed by atoms with Crippen molar-refractivity contribution >= 4 is 5.91 Å². The molecule has 1 amide bonds. The molecule has 2 N–H and O–H groups in total. The summed E-state index contributed by atoms with van der Waals surface area (Å²) in [5.74, 6) is -0.186. The highest BCUT2D eigenvalue weighted by Gasteiger charge is 2.19. The molecule has 0 heterocycles. The normalized spacial score (nSPS) is 15.3. The molecule has 0 spiro atoms. The number of aliphatic hydroxyl groups is 1. The lowest BCUT2D eigenvalue weighted by Gasteiger charge is -2.22. The Labute approximate surface area is 147 Å². The molecule has 0 aromatic carbocycles. The van der Waals surface area contributed by atoms with E-state index in [0.717, 1.165) is 25.7 Å². The Morgan fingerprint density at radius 3 is 2.29 bits per heavy atom. The van der Waals surface area contributed by atoms with E-state index in [1.807, 2.05) is 43.4 Å². The molecule has 134 valence electrons. The number of unbranched alkanes of at least 4 members (excludes halogenated alkanes) is 2. The van der Waals surface area contributed by atoms with Crippen LogP contribution in [-0.2, 0) is 4.79 Å². The third-order valence-corrected chi connectivity index (χ3v) is 3.37. The summed E-state index contributed by atoms with van der Waals surface area (Å²) in [6, 6.07) is 0. The highest BCUT2D eigenvalue weighted by Crippen LogP contribution is 2.11. The minimum atomic E-state index is -0.834. The van der Waals surface area contributed by atoms with Crippen LogP contribution in [0.4, 0.5) is 0 Å². The average molecular weight is 332 g/mol. The molecule has 0 aliphatic rings. The number of carbonyl (C=O) groups excluding carboxylic acids is 1. The fraction of sp³-hybridized carbons (Fsp3) is 0.476. The molecule has 1 atom stereocenters. The van der Waals surface area contributed by atoms with Crippen LogP contribution in [0.5, 0.6) is 0 Å². The van der Waals surface area contributed by atoms with Crippen molar-refractivity contribution in [3.8, 4) is 0 Å². The van der Waals surface area contributed by atoms with E-state index in [-0.39, 0.29) is 12.5 Å². The van der Waals surface area contributed by atoms with Crippen LogP contribution in [0.1, 0.15) is 52.9 Å². The summed E-state index contributed by atoms with van der Waals surface area (Å²) in [5.41, 5.74) is -0.834. The van der Waals surface area contributed by atoms with Gasteiger partial charge in [0.15, 0.2) is 0 Å². The molecular formula is C21H33NO2. The van der Waals surface area contributed by atoms with Crippen LogP contribution in [0.2, 0.25) is 0 Å². The number of nitrogens with one attached hydrogen (secondary N) is 1. The van der Waals surface area contributed by atoms with Crippen LogP contribution >= 0.6 is 0 Å². The summed E-state index contributed by atoms with van der Waals surface area (Å²) in [7, 11) is 0. The number of allylic oxidation sites excluding steroid dienone is 9. The smallest absolute Gasteiger partial charge is 0.244 e. The topological polar surface area (TPSA) is 49.3 Å². The first kappa shape index (κ1) is 22.1. The van der Waals surface area contributed by atoms with Crippen molar-refractivity contribution in [2.75, 3.05) is 6.54 Å². The van der Waals surface area contributed by atoms with Gasteiger partial charge in [-0.2, -0.15) is 0 Å². The quantitative estimate of drug-likeness (QED) is 0.311. The maximum Gasteiger partial charge on any atom is 0.244 e. The Bertz CT molecular complexity index is 468. The molecule has 0 aliphatic heterocycles. The van der Waals surface area contributed by atoms with Crippen molar-refractivity contribution in [2.45, 2.75) is 58.5 Å². The zero-order valence-electron chi connectivity index (χ0n) is 15.4. The van der Waals surface area contributed by atoms with Gasteiger partial charge < -0.3 is 10.4 Å². The van der Waals surface area contributed by atoms with Crippen molar-refractivity contribution in [3.05, 3.63) is 60.8 Å². The second-order valence-corrected chi connectivity index (χ2v) is 6.02. The first-order valence-electron chi connectivity index (χ1n) is 8.79. The molecule has 3 nitrogen and oxygen atoms in total. The molecule has 0 aromatic rings. The monoisotopic (exact) mass is 331 g/mol. The van der Waals surface area contributed by atoms with E-state index in [0.29, 0.717) is 6.42 Å². The van der Waals surface area contributed by atoms with Crippen LogP contribution in [0.15, 0.2) is 60.8 Å². The highest BCUT2D eigenvalue weighted by atomic mass is 16.3. The zero-order valence-corrected chi connectivity index (χ0v) is 15.4. The van der Waals surface area contributed by atoms with Gasteiger partial charge in [-0.25, -0.2) is 0 Å². The van der Waals surface area contributed by atoms with Gasteiger partial charge in [-0.3, -0.25) is 4.79 Å². The van der Waals surface area contributed by atoms with E-state index in [1.54, 1.807) is 13.0 Å². The Kier molecular flexibility index (Phi) is 13.6. The van der Waals surface area contributed by atoms with E-state index in [9.17, 15) is 9.90 Å². The standard InChI is InChI=1S/C21H33NO2/c1-4-6-8-9-10-11-12-13-14-15-16-17-20(23)22-19-21(3,24)18-7-5-2/h4,6,8-9,12-17,24H,5,7,10-11,18-19H2,1-3H3,(H,22,23). The number of carbonyl (C=O) groups is 1. The molecule has 0 bridgehead atoms. The lowest BCUT2D eigenvalue weighted by atomic mass is 9.99. The maximum atomic E-state index is 11.6. The third kappa shape index (κ3) is 15.0. The molecule has 1 unspecified atom stereocenters. The lowest BCUT2D eigenvalue weighted by molar-refractivity contribution is -0.117. The van der Waals surface area contributed by atoms with Gasteiger partial charge in [0.25, 0.3) is 0 Å². The number of hydrogen-bond acceptors (Lipinski definition) is 2. The maximum absolute atomic E-state index is 11.6. The number of amides is 1. The van der Waals surface area contributed by atoms with Crippen molar-refractivity contribution in [1.29, 1.82) is 0 Å². The number of rotatable bonds is 12. The van der Waals surface area contributed by atoms with Gasteiger partial charge in [0.05, 0.1) is 5.60 Å². The van der Waals surface area contributed by atoms with Crippen LogP contribution in [0.3, 0.4) is 0 Å².